The second-order valence-corrected chi connectivity index (χ2v) is 7.65. The molecule has 0 aliphatic heterocycles. The summed E-state index contributed by atoms with van der Waals surface area (Å²) in [5.74, 6) is 0.508. The molecule has 186 valence electrons. The maximum absolute atomic E-state index is 12.5. The Bertz CT molecular complexity index is 1080. The summed E-state index contributed by atoms with van der Waals surface area (Å²) >= 11 is 0. The van der Waals surface area contributed by atoms with Gasteiger partial charge in [0.15, 0.2) is 17.6 Å². The second kappa shape index (κ2) is 12.1. The van der Waals surface area contributed by atoms with Gasteiger partial charge in [0.25, 0.3) is 0 Å². The molecule has 1 atom stereocenters. The standard InChI is InChI=1S/C27H27F3O5/c1-3-5-11-24(26(31)32-4-2)34-25-18-20(14-17-23(25)33-21-9-7-6-8-10-21)19-12-15-22(16-13-19)35-27(28,29)30/h6-10,12-18,24H,3-5,11H2,1-2H3. The summed E-state index contributed by atoms with van der Waals surface area (Å²) in [6.07, 6.45) is -3.49. The number of hydrogen-bond acceptors (Lipinski definition) is 5. The first-order valence-corrected chi connectivity index (χ1v) is 11.4. The van der Waals surface area contributed by atoms with E-state index in [0.29, 0.717) is 34.8 Å². The lowest BCUT2D eigenvalue weighted by molar-refractivity contribution is -0.274. The van der Waals surface area contributed by atoms with Crippen molar-refractivity contribution in [3.8, 4) is 34.1 Å². The van der Waals surface area contributed by atoms with Crippen LogP contribution in [-0.2, 0) is 9.53 Å². The molecule has 0 spiro atoms. The van der Waals surface area contributed by atoms with E-state index in [1.165, 1.54) is 24.3 Å². The highest BCUT2D eigenvalue weighted by atomic mass is 19.4. The van der Waals surface area contributed by atoms with Crippen LogP contribution in [0.1, 0.15) is 33.1 Å². The number of halogens is 3. The molecular weight excluding hydrogens is 461 g/mol. The molecule has 0 N–H and O–H groups in total. The van der Waals surface area contributed by atoms with E-state index < -0.39 is 18.4 Å². The highest BCUT2D eigenvalue weighted by molar-refractivity contribution is 5.75. The second-order valence-electron chi connectivity index (χ2n) is 7.65. The van der Waals surface area contributed by atoms with E-state index in [9.17, 15) is 18.0 Å². The molecule has 0 amide bonds. The summed E-state index contributed by atoms with van der Waals surface area (Å²) in [5.41, 5.74) is 1.30. The van der Waals surface area contributed by atoms with Crippen molar-refractivity contribution in [2.45, 2.75) is 45.6 Å². The molecule has 3 aromatic carbocycles. The number of ether oxygens (including phenoxy) is 4. The van der Waals surface area contributed by atoms with E-state index in [2.05, 4.69) is 4.74 Å². The molecule has 0 saturated heterocycles. The average molecular weight is 489 g/mol. The van der Waals surface area contributed by atoms with Crippen LogP contribution in [0.2, 0.25) is 0 Å². The van der Waals surface area contributed by atoms with E-state index in [0.717, 1.165) is 12.8 Å². The molecule has 0 aliphatic rings. The van der Waals surface area contributed by atoms with Crippen LogP contribution in [-0.4, -0.2) is 25.0 Å². The highest BCUT2D eigenvalue weighted by Crippen LogP contribution is 2.37. The Labute approximate surface area is 202 Å². The third-order valence-electron chi connectivity index (χ3n) is 4.97. The number of rotatable bonds is 11. The smallest absolute Gasteiger partial charge is 0.475 e. The molecule has 35 heavy (non-hydrogen) atoms. The molecule has 8 heteroatoms. The summed E-state index contributed by atoms with van der Waals surface area (Å²) < 4.78 is 58.7. The first-order chi connectivity index (χ1) is 16.8. The van der Waals surface area contributed by atoms with Gasteiger partial charge in [-0.1, -0.05) is 49.7 Å². The van der Waals surface area contributed by atoms with Crippen LogP contribution in [0.25, 0.3) is 11.1 Å². The van der Waals surface area contributed by atoms with Gasteiger partial charge in [0.05, 0.1) is 6.61 Å². The van der Waals surface area contributed by atoms with Crippen molar-refractivity contribution in [1.82, 2.24) is 0 Å². The van der Waals surface area contributed by atoms with E-state index in [1.807, 2.05) is 25.1 Å². The molecule has 0 fully saturated rings. The fourth-order valence-corrected chi connectivity index (χ4v) is 3.33. The number of carbonyl (C=O) groups is 1. The van der Waals surface area contributed by atoms with Gasteiger partial charge < -0.3 is 18.9 Å². The van der Waals surface area contributed by atoms with Gasteiger partial charge in [-0.05, 0) is 67.3 Å². The molecule has 0 radical (unpaired) electrons. The maximum atomic E-state index is 12.5. The minimum atomic E-state index is -4.76. The fraction of sp³-hybridized carbons (Fsp3) is 0.296. The van der Waals surface area contributed by atoms with Gasteiger partial charge in [-0.2, -0.15) is 0 Å². The molecule has 0 bridgehead atoms. The van der Waals surface area contributed by atoms with Gasteiger partial charge in [0, 0.05) is 0 Å². The molecule has 0 saturated carbocycles. The zero-order chi connectivity index (χ0) is 25.3. The summed E-state index contributed by atoms with van der Waals surface area (Å²) in [6, 6.07) is 19.7. The molecule has 3 rings (SSSR count). The Morgan fingerprint density at radius 1 is 0.857 bits per heavy atom. The lowest BCUT2D eigenvalue weighted by atomic mass is 10.0. The van der Waals surface area contributed by atoms with E-state index in [1.54, 1.807) is 37.3 Å². The van der Waals surface area contributed by atoms with Crippen LogP contribution < -0.4 is 14.2 Å². The molecule has 0 heterocycles. The Morgan fingerprint density at radius 3 is 2.17 bits per heavy atom. The van der Waals surface area contributed by atoms with E-state index in [-0.39, 0.29) is 12.4 Å². The van der Waals surface area contributed by atoms with Gasteiger partial charge in [0.2, 0.25) is 0 Å². The maximum Gasteiger partial charge on any atom is 0.573 e. The predicted octanol–water partition coefficient (Wildman–Crippen LogP) is 7.55. The largest absolute Gasteiger partial charge is 0.573 e. The molecule has 1 unspecified atom stereocenters. The number of hydrogen-bond donors (Lipinski definition) is 0. The molecule has 0 aliphatic carbocycles. The summed E-state index contributed by atoms with van der Waals surface area (Å²) in [6.45, 7) is 3.97. The zero-order valence-electron chi connectivity index (χ0n) is 19.5. The van der Waals surface area contributed by atoms with E-state index in [4.69, 9.17) is 14.2 Å². The number of benzene rings is 3. The summed E-state index contributed by atoms with van der Waals surface area (Å²) in [4.78, 5) is 12.5. The number of alkyl halides is 3. The Morgan fingerprint density at radius 2 is 1.54 bits per heavy atom. The van der Waals surface area contributed by atoms with Crippen molar-refractivity contribution in [2.75, 3.05) is 6.61 Å². The number of esters is 1. The van der Waals surface area contributed by atoms with Crippen molar-refractivity contribution >= 4 is 5.97 Å². The topological polar surface area (TPSA) is 54.0 Å². The first-order valence-electron chi connectivity index (χ1n) is 11.4. The number of carbonyl (C=O) groups excluding carboxylic acids is 1. The molecule has 3 aromatic rings. The van der Waals surface area contributed by atoms with Crippen LogP contribution in [0.15, 0.2) is 72.8 Å². The molecular formula is C27H27F3O5. The Hall–Kier alpha value is -3.68. The van der Waals surface area contributed by atoms with Crippen LogP contribution in [0.4, 0.5) is 13.2 Å². The summed E-state index contributed by atoms with van der Waals surface area (Å²) in [5, 5.41) is 0. The van der Waals surface area contributed by atoms with Crippen molar-refractivity contribution in [3.63, 3.8) is 0 Å². The number of unbranched alkanes of at least 4 members (excludes halogenated alkanes) is 1. The molecule has 5 nitrogen and oxygen atoms in total. The van der Waals surface area contributed by atoms with Crippen LogP contribution in [0.3, 0.4) is 0 Å². The average Bonchev–Trinajstić information content (AvgIpc) is 2.83. The predicted molar refractivity (Wildman–Crippen MR) is 126 cm³/mol. The van der Waals surface area contributed by atoms with Crippen LogP contribution >= 0.6 is 0 Å². The Balaban J connectivity index is 1.94. The monoisotopic (exact) mass is 488 g/mol. The minimum absolute atomic E-state index is 0.227. The van der Waals surface area contributed by atoms with Gasteiger partial charge in [-0.3, -0.25) is 0 Å². The summed E-state index contributed by atoms with van der Waals surface area (Å²) in [7, 11) is 0. The van der Waals surface area contributed by atoms with Crippen molar-refractivity contribution in [3.05, 3.63) is 72.8 Å². The van der Waals surface area contributed by atoms with Gasteiger partial charge in [-0.25, -0.2) is 4.79 Å². The lowest BCUT2D eigenvalue weighted by Crippen LogP contribution is -2.29. The minimum Gasteiger partial charge on any atom is -0.475 e. The van der Waals surface area contributed by atoms with Crippen LogP contribution in [0.5, 0.6) is 23.0 Å². The number of para-hydroxylation sites is 1. The first kappa shape index (κ1) is 25.9. The van der Waals surface area contributed by atoms with Gasteiger partial charge >= 0.3 is 12.3 Å². The molecule has 0 aromatic heterocycles. The quantitative estimate of drug-likeness (QED) is 0.261. The van der Waals surface area contributed by atoms with E-state index >= 15 is 0 Å². The third kappa shape index (κ3) is 7.95. The van der Waals surface area contributed by atoms with Crippen LogP contribution in [0, 0.1) is 0 Å². The van der Waals surface area contributed by atoms with Crippen molar-refractivity contribution in [2.24, 2.45) is 0 Å². The third-order valence-corrected chi connectivity index (χ3v) is 4.97. The Kier molecular flexibility index (Phi) is 9.00. The zero-order valence-corrected chi connectivity index (χ0v) is 19.5. The SMILES string of the molecule is CCCCC(Oc1cc(-c2ccc(OC(F)(F)F)cc2)ccc1Oc1ccccc1)C(=O)OCC. The van der Waals surface area contributed by atoms with Crippen molar-refractivity contribution in [1.29, 1.82) is 0 Å². The van der Waals surface area contributed by atoms with Gasteiger partial charge in [-0.15, -0.1) is 13.2 Å². The van der Waals surface area contributed by atoms with Gasteiger partial charge in [0.1, 0.15) is 11.5 Å². The normalized spacial score (nSPS) is 12.0. The lowest BCUT2D eigenvalue weighted by Gasteiger charge is -2.20. The highest BCUT2D eigenvalue weighted by Gasteiger charge is 2.31. The van der Waals surface area contributed by atoms with Crippen molar-refractivity contribution < 1.29 is 36.9 Å². The fourth-order valence-electron chi connectivity index (χ4n) is 3.33.